The highest BCUT2D eigenvalue weighted by Gasteiger charge is 2.32. The molecule has 1 aliphatic rings. The number of ether oxygens (including phenoxy) is 2. The summed E-state index contributed by atoms with van der Waals surface area (Å²) in [6.45, 7) is 0. The summed E-state index contributed by atoms with van der Waals surface area (Å²) in [6.07, 6.45) is 0. The first-order valence-electron chi connectivity index (χ1n) is 5.02. The normalized spacial score (nSPS) is 18.0. The Bertz CT molecular complexity index is 510. The van der Waals surface area contributed by atoms with Crippen LogP contribution in [0, 0.1) is 0 Å². The number of benzene rings is 1. The first-order valence-corrected chi connectivity index (χ1v) is 6.10. The quantitative estimate of drug-likeness (QED) is 0.658. The van der Waals surface area contributed by atoms with E-state index in [4.69, 9.17) is 15.2 Å². The van der Waals surface area contributed by atoms with Gasteiger partial charge in [-0.05, 0) is 45.9 Å². The summed E-state index contributed by atoms with van der Waals surface area (Å²) in [4.78, 5) is 11.7. The predicted molar refractivity (Wildman–Crippen MR) is 72.9 cm³/mol. The van der Waals surface area contributed by atoms with Gasteiger partial charge < -0.3 is 15.2 Å². The van der Waals surface area contributed by atoms with E-state index in [1.54, 1.807) is 7.11 Å². The highest BCUT2D eigenvalue weighted by atomic mass is 127. The average Bonchev–Trinajstić information content (AvgIpc) is 2.60. The van der Waals surface area contributed by atoms with Crippen molar-refractivity contribution in [1.82, 2.24) is 0 Å². The molecule has 0 fully saturated rings. The lowest BCUT2D eigenvalue weighted by Gasteiger charge is -2.09. The van der Waals surface area contributed by atoms with Crippen LogP contribution in [0.25, 0.3) is 3.58 Å². The van der Waals surface area contributed by atoms with Crippen LogP contribution in [-0.4, -0.2) is 20.2 Å². The molecule has 2 rings (SSSR count). The Morgan fingerprint density at radius 3 is 2.71 bits per heavy atom. The van der Waals surface area contributed by atoms with Crippen LogP contribution in [0.4, 0.5) is 0 Å². The van der Waals surface area contributed by atoms with Crippen LogP contribution in [0.3, 0.4) is 0 Å². The molecule has 1 aliphatic carbocycles. The van der Waals surface area contributed by atoms with Crippen molar-refractivity contribution in [2.75, 3.05) is 14.2 Å². The maximum Gasteiger partial charge on any atom is 0.336 e. The Hall–Kier alpha value is -1.08. The predicted octanol–water partition coefficient (Wildman–Crippen LogP) is 2.03. The Morgan fingerprint density at radius 1 is 1.41 bits per heavy atom. The molecule has 0 spiro atoms. The smallest absolute Gasteiger partial charge is 0.336 e. The lowest BCUT2D eigenvalue weighted by Crippen LogP contribution is -2.17. The van der Waals surface area contributed by atoms with Gasteiger partial charge in [-0.1, -0.05) is 6.07 Å². The molecule has 0 saturated carbocycles. The second kappa shape index (κ2) is 4.66. The van der Waals surface area contributed by atoms with Crippen LogP contribution < -0.4 is 10.5 Å². The Balaban J connectivity index is 2.54. The Kier molecular flexibility index (Phi) is 3.39. The average molecular weight is 345 g/mol. The molecule has 0 heterocycles. The van der Waals surface area contributed by atoms with Gasteiger partial charge in [0.25, 0.3) is 0 Å². The van der Waals surface area contributed by atoms with E-state index in [9.17, 15) is 4.79 Å². The molecule has 0 bridgehead atoms. The molecule has 1 aromatic carbocycles. The number of methoxy groups -OCH3 is 2. The maximum atomic E-state index is 11.7. The summed E-state index contributed by atoms with van der Waals surface area (Å²) in [5, 5.41) is 0. The van der Waals surface area contributed by atoms with Gasteiger partial charge in [0.05, 0.1) is 25.8 Å². The highest BCUT2D eigenvalue weighted by molar-refractivity contribution is 14.1. The number of halogens is 1. The van der Waals surface area contributed by atoms with Crippen molar-refractivity contribution in [3.8, 4) is 5.75 Å². The zero-order chi connectivity index (χ0) is 12.6. The van der Waals surface area contributed by atoms with Crippen molar-refractivity contribution in [2.45, 2.75) is 6.04 Å². The number of esters is 1. The van der Waals surface area contributed by atoms with Crippen LogP contribution in [0.15, 0.2) is 23.8 Å². The largest absolute Gasteiger partial charge is 0.497 e. The van der Waals surface area contributed by atoms with E-state index in [-0.39, 0.29) is 5.97 Å². The van der Waals surface area contributed by atoms with Gasteiger partial charge in [-0.15, -0.1) is 0 Å². The van der Waals surface area contributed by atoms with E-state index >= 15 is 0 Å². The number of fused-ring (bicyclic) bond motifs is 1. The number of hydrogen-bond donors (Lipinski definition) is 1. The van der Waals surface area contributed by atoms with E-state index < -0.39 is 6.04 Å². The maximum absolute atomic E-state index is 11.7. The third kappa shape index (κ3) is 1.93. The van der Waals surface area contributed by atoms with Crippen LogP contribution in [0.1, 0.15) is 17.2 Å². The molecule has 4 nitrogen and oxygen atoms in total. The summed E-state index contributed by atoms with van der Waals surface area (Å²) in [5.74, 6) is 0.369. The van der Waals surface area contributed by atoms with E-state index in [2.05, 4.69) is 22.6 Å². The number of hydrogen-bond acceptors (Lipinski definition) is 4. The van der Waals surface area contributed by atoms with Gasteiger partial charge in [-0.25, -0.2) is 4.79 Å². The van der Waals surface area contributed by atoms with E-state index in [1.807, 2.05) is 18.2 Å². The molecule has 1 aromatic rings. The van der Waals surface area contributed by atoms with Gasteiger partial charge in [0.1, 0.15) is 5.75 Å². The highest BCUT2D eigenvalue weighted by Crippen LogP contribution is 2.44. The molecule has 0 amide bonds. The lowest BCUT2D eigenvalue weighted by atomic mass is 10.0. The first-order chi connectivity index (χ1) is 8.10. The molecule has 5 heteroatoms. The van der Waals surface area contributed by atoms with Crippen molar-refractivity contribution < 1.29 is 14.3 Å². The zero-order valence-corrected chi connectivity index (χ0v) is 11.6. The van der Waals surface area contributed by atoms with Crippen molar-refractivity contribution in [3.63, 3.8) is 0 Å². The molecule has 0 aromatic heterocycles. The van der Waals surface area contributed by atoms with Crippen LogP contribution in [0.2, 0.25) is 0 Å². The summed E-state index contributed by atoms with van der Waals surface area (Å²) in [7, 11) is 2.96. The van der Waals surface area contributed by atoms with Crippen molar-refractivity contribution in [3.05, 3.63) is 34.9 Å². The molecule has 1 atom stereocenters. The molecular formula is C12H12INO3. The summed E-state index contributed by atoms with van der Waals surface area (Å²) < 4.78 is 10.7. The Labute approximate surface area is 113 Å². The Morgan fingerprint density at radius 2 is 2.12 bits per heavy atom. The minimum absolute atomic E-state index is 0.378. The number of rotatable bonds is 2. The van der Waals surface area contributed by atoms with Crippen molar-refractivity contribution in [1.29, 1.82) is 0 Å². The van der Waals surface area contributed by atoms with Gasteiger partial charge in [0, 0.05) is 3.58 Å². The summed E-state index contributed by atoms with van der Waals surface area (Å²) in [5.41, 5.74) is 8.42. The lowest BCUT2D eigenvalue weighted by molar-refractivity contribution is -0.136. The molecule has 1 unspecified atom stereocenters. The SMILES string of the molecule is COC(=O)C1=C(I)c2cc(OC)ccc2C1N. The van der Waals surface area contributed by atoms with E-state index in [1.165, 1.54) is 7.11 Å². The minimum Gasteiger partial charge on any atom is -0.497 e. The molecule has 2 N–H and O–H groups in total. The molecule has 17 heavy (non-hydrogen) atoms. The van der Waals surface area contributed by atoms with E-state index in [0.29, 0.717) is 5.57 Å². The molecule has 90 valence electrons. The summed E-state index contributed by atoms with van der Waals surface area (Å²) in [6, 6.07) is 5.18. The summed E-state index contributed by atoms with van der Waals surface area (Å²) >= 11 is 2.12. The second-order valence-corrected chi connectivity index (χ2v) is 4.73. The van der Waals surface area contributed by atoms with Gasteiger partial charge in [-0.3, -0.25) is 0 Å². The van der Waals surface area contributed by atoms with Gasteiger partial charge in [0.2, 0.25) is 0 Å². The van der Waals surface area contributed by atoms with Gasteiger partial charge >= 0.3 is 5.97 Å². The fourth-order valence-corrected chi connectivity index (χ4v) is 2.91. The van der Waals surface area contributed by atoms with Gasteiger partial charge in [0.15, 0.2) is 0 Å². The number of carbonyl (C=O) groups is 1. The fourth-order valence-electron chi connectivity index (χ4n) is 1.89. The van der Waals surface area contributed by atoms with Crippen molar-refractivity contribution in [2.24, 2.45) is 5.73 Å². The monoisotopic (exact) mass is 345 g/mol. The van der Waals surface area contributed by atoms with E-state index in [0.717, 1.165) is 20.5 Å². The third-order valence-electron chi connectivity index (χ3n) is 2.78. The standard InChI is InChI=1S/C12H12INO3/c1-16-6-3-4-7-8(5-6)10(13)9(11(7)14)12(15)17-2/h3-5,11H,14H2,1-2H3. The molecular weight excluding hydrogens is 333 g/mol. The number of carbonyl (C=O) groups excluding carboxylic acids is 1. The van der Waals surface area contributed by atoms with Gasteiger partial charge in [-0.2, -0.15) is 0 Å². The minimum atomic E-state index is -0.421. The first kappa shape index (κ1) is 12.4. The number of nitrogens with two attached hydrogens (primary N) is 1. The van der Waals surface area contributed by atoms with Crippen molar-refractivity contribution >= 4 is 32.1 Å². The molecule has 0 saturated heterocycles. The van der Waals surface area contributed by atoms with Crippen LogP contribution in [0.5, 0.6) is 5.75 Å². The topological polar surface area (TPSA) is 61.5 Å². The third-order valence-corrected chi connectivity index (χ3v) is 3.95. The zero-order valence-electron chi connectivity index (χ0n) is 9.49. The van der Waals surface area contributed by atoms with Crippen LogP contribution >= 0.6 is 22.6 Å². The van der Waals surface area contributed by atoms with Crippen LogP contribution in [-0.2, 0) is 9.53 Å². The second-order valence-electron chi connectivity index (χ2n) is 3.65. The molecule has 0 radical (unpaired) electrons. The molecule has 0 aliphatic heterocycles. The fraction of sp³-hybridized carbons (Fsp3) is 0.250.